The molecule has 0 N–H and O–H groups in total. The predicted octanol–water partition coefficient (Wildman–Crippen LogP) is 13.9. The summed E-state index contributed by atoms with van der Waals surface area (Å²) in [4.78, 5) is 0. The van der Waals surface area contributed by atoms with E-state index >= 15 is 0 Å². The van der Waals surface area contributed by atoms with E-state index in [2.05, 4.69) is 174 Å². The van der Waals surface area contributed by atoms with E-state index in [-0.39, 0.29) is 39.7 Å². The zero-order chi connectivity index (χ0) is 31.5. The van der Waals surface area contributed by atoms with Crippen molar-refractivity contribution < 1.29 is 23.3 Å². The van der Waals surface area contributed by atoms with Crippen molar-refractivity contribution in [3.8, 4) is 22.3 Å². The molecule has 0 nitrogen and oxygen atoms in total. The van der Waals surface area contributed by atoms with Crippen LogP contribution in [0, 0.1) is 28.7 Å². The predicted molar refractivity (Wildman–Crippen MR) is 222 cm³/mol. The summed E-state index contributed by atoms with van der Waals surface area (Å²) in [5.41, 5.74) is 9.39. The first-order valence-electron chi connectivity index (χ1n) is 15.5. The fourth-order valence-corrected chi connectivity index (χ4v) is 6.48. The zero-order valence-corrected chi connectivity index (χ0v) is 34.3. The van der Waals surface area contributed by atoms with E-state index in [0.717, 1.165) is 0 Å². The topological polar surface area (TPSA) is 0 Å². The summed E-state index contributed by atoms with van der Waals surface area (Å²) in [5.74, 6) is 0.563. The van der Waals surface area contributed by atoms with Crippen molar-refractivity contribution in [1.82, 2.24) is 0 Å². The molecule has 0 fully saturated rings. The number of halogens is 2. The first-order valence-corrected chi connectivity index (χ1v) is 19.7. The van der Waals surface area contributed by atoms with Crippen LogP contribution in [0.1, 0.15) is 36.5 Å². The molecule has 0 heterocycles. The van der Waals surface area contributed by atoms with Crippen molar-refractivity contribution in [1.29, 1.82) is 0 Å². The van der Waals surface area contributed by atoms with Gasteiger partial charge in [-0.2, -0.15) is 12.1 Å². The Morgan fingerprint density at radius 2 is 1.14 bits per heavy atom. The van der Waals surface area contributed by atoms with Gasteiger partial charge in [0.2, 0.25) is 0 Å². The molecular formula is C45H44Cl2SiZr-4. The second-order valence-corrected chi connectivity index (χ2v) is 12.1. The molecule has 4 heteroatoms. The van der Waals surface area contributed by atoms with Crippen molar-refractivity contribution in [3.63, 3.8) is 0 Å². The van der Waals surface area contributed by atoms with Gasteiger partial charge in [-0.15, -0.1) is 93.4 Å². The summed E-state index contributed by atoms with van der Waals surface area (Å²) in [6.45, 7) is 11.9. The Hall–Kier alpha value is -3.26. The van der Waals surface area contributed by atoms with Crippen LogP contribution in [0.2, 0.25) is 0 Å². The van der Waals surface area contributed by atoms with Crippen molar-refractivity contribution in [2.45, 2.75) is 33.6 Å². The van der Waals surface area contributed by atoms with Gasteiger partial charge in [0.1, 0.15) is 0 Å². The van der Waals surface area contributed by atoms with E-state index < -0.39 is 0 Å². The van der Waals surface area contributed by atoms with Gasteiger partial charge in [-0.25, -0.2) is 0 Å². The standard InChI is InChI=1S/C22H19.C21H17.2CH3.2ClH.Si.Zr/c1-15(2)18-13-17-9-6-12-21(22(17)14-18)20-11-5-8-16-7-3-4-10-19(16)20;1-14-11-20-15(2)7-10-19(21(20)12-14)18-9-8-16-5-3-4-6-17(16)13-18;;;;;;/h3-15H,1-2H3;3-13H,1-2H3;2*1H3;2*1H;;/q4*-1;;;;. The maximum absolute atomic E-state index is 3.06. The SMILES string of the molecule is CC(C)c1cc2c(-c3cccc4ccccc34)cccc2[cH-]1.Cc1cc2c(-c3ccc4ccccc4c3)ccc(C)c2[cH-]1.Cl.Cl.[CH3-].[CH3-].[Si]=[Zr]. The van der Waals surface area contributed by atoms with E-state index in [1.807, 2.05) is 0 Å². The van der Waals surface area contributed by atoms with Gasteiger partial charge in [-0.1, -0.05) is 130 Å². The molecule has 0 spiro atoms. The minimum atomic E-state index is 0. The molecule has 0 saturated heterocycles. The van der Waals surface area contributed by atoms with E-state index in [1.54, 1.807) is 0 Å². The van der Waals surface area contributed by atoms with Crippen molar-refractivity contribution in [3.05, 3.63) is 171 Å². The number of aryl methyl sites for hydroxylation is 2. The first-order chi connectivity index (χ1) is 22.0. The van der Waals surface area contributed by atoms with Gasteiger partial charge in [0.15, 0.2) is 0 Å². The summed E-state index contributed by atoms with van der Waals surface area (Å²) in [6.07, 6.45) is 0. The normalized spacial score (nSPS) is 10.1. The van der Waals surface area contributed by atoms with Crippen LogP contribution in [0.25, 0.3) is 65.3 Å². The Bertz CT molecular complexity index is 2270. The van der Waals surface area contributed by atoms with Gasteiger partial charge in [-0.05, 0) is 44.7 Å². The number of fused-ring (bicyclic) bond motifs is 4. The third kappa shape index (κ3) is 8.73. The average Bonchev–Trinajstić information content (AvgIpc) is 3.70. The van der Waals surface area contributed by atoms with Crippen LogP contribution >= 0.6 is 24.8 Å². The second kappa shape index (κ2) is 18.7. The fourth-order valence-electron chi connectivity index (χ4n) is 6.48. The maximum atomic E-state index is 3.06. The van der Waals surface area contributed by atoms with Gasteiger partial charge in [-0.3, -0.25) is 0 Å². The summed E-state index contributed by atoms with van der Waals surface area (Å²) >= 11 is 1.36. The summed E-state index contributed by atoms with van der Waals surface area (Å²) in [7, 11) is 0. The number of hydrogen-bond acceptors (Lipinski definition) is 0. The van der Waals surface area contributed by atoms with Crippen LogP contribution in [0.3, 0.4) is 0 Å². The quantitative estimate of drug-likeness (QED) is 0.124. The second-order valence-electron chi connectivity index (χ2n) is 12.1. The van der Waals surface area contributed by atoms with Crippen LogP contribution in [0.4, 0.5) is 0 Å². The molecule has 0 aliphatic carbocycles. The molecule has 250 valence electrons. The molecule has 2 radical (unpaired) electrons. The zero-order valence-electron chi connectivity index (χ0n) is 29.2. The van der Waals surface area contributed by atoms with Gasteiger partial charge in [0.05, 0.1) is 0 Å². The first kappa shape index (κ1) is 41.9. The van der Waals surface area contributed by atoms with Crippen molar-refractivity contribution >= 4 is 74.8 Å². The van der Waals surface area contributed by atoms with Crippen molar-refractivity contribution in [2.75, 3.05) is 0 Å². The summed E-state index contributed by atoms with van der Waals surface area (Å²) in [6, 6.07) is 50.9. The molecule has 0 aliphatic heterocycles. The van der Waals surface area contributed by atoms with E-state index in [1.165, 1.54) is 105 Å². The van der Waals surface area contributed by atoms with E-state index in [0.29, 0.717) is 5.92 Å². The van der Waals surface area contributed by atoms with Crippen LogP contribution in [0.5, 0.6) is 0 Å². The Kier molecular flexibility index (Phi) is 16.0. The average molecular weight is 775 g/mol. The third-order valence-electron chi connectivity index (χ3n) is 8.83. The van der Waals surface area contributed by atoms with E-state index in [4.69, 9.17) is 0 Å². The molecule has 49 heavy (non-hydrogen) atoms. The summed E-state index contributed by atoms with van der Waals surface area (Å²) < 4.78 is 0. The Labute approximate surface area is 322 Å². The molecule has 0 aromatic heterocycles. The summed E-state index contributed by atoms with van der Waals surface area (Å²) in [5, 5.41) is 10.7. The molecule has 0 atom stereocenters. The molecule has 0 bridgehead atoms. The third-order valence-corrected chi connectivity index (χ3v) is 8.83. The number of rotatable bonds is 3. The van der Waals surface area contributed by atoms with Crippen LogP contribution < -0.4 is 0 Å². The van der Waals surface area contributed by atoms with E-state index in [9.17, 15) is 0 Å². The molecule has 8 rings (SSSR count). The van der Waals surface area contributed by atoms with Crippen LogP contribution in [-0.4, -0.2) is 6.88 Å². The number of benzene rings is 6. The molecular weight excluding hydrogens is 731 g/mol. The molecule has 0 aliphatic rings. The monoisotopic (exact) mass is 772 g/mol. The molecule has 8 aromatic rings. The van der Waals surface area contributed by atoms with Gasteiger partial charge < -0.3 is 14.9 Å². The van der Waals surface area contributed by atoms with Gasteiger partial charge >= 0.3 is 30.2 Å². The Morgan fingerprint density at radius 1 is 0.531 bits per heavy atom. The number of hydrogen-bond donors (Lipinski definition) is 0. The van der Waals surface area contributed by atoms with Crippen molar-refractivity contribution in [2.24, 2.45) is 0 Å². The van der Waals surface area contributed by atoms with Gasteiger partial charge in [0, 0.05) is 0 Å². The molecule has 0 saturated carbocycles. The van der Waals surface area contributed by atoms with Crippen LogP contribution in [-0.2, 0) is 23.3 Å². The molecule has 0 amide bonds. The minimum absolute atomic E-state index is 0. The van der Waals surface area contributed by atoms with Crippen LogP contribution in [0.15, 0.2) is 140 Å². The Morgan fingerprint density at radius 3 is 1.86 bits per heavy atom. The molecule has 0 unspecified atom stereocenters. The molecule has 8 aromatic carbocycles. The fraction of sp³-hybridized carbons (Fsp3) is 0.111. The Balaban J connectivity index is 0.000000301. The van der Waals surface area contributed by atoms with Gasteiger partial charge in [0.25, 0.3) is 0 Å².